The van der Waals surface area contributed by atoms with E-state index in [0.29, 0.717) is 17.1 Å². The number of aromatic nitrogens is 3. The van der Waals surface area contributed by atoms with E-state index in [1.54, 1.807) is 26.2 Å². The summed E-state index contributed by atoms with van der Waals surface area (Å²) < 4.78 is 6.66. The lowest BCUT2D eigenvalue weighted by Gasteiger charge is -2.12. The molecule has 1 saturated carbocycles. The second kappa shape index (κ2) is 7.72. The molecular weight excluding hydrogens is 334 g/mol. The molecule has 8 heteroatoms. The quantitative estimate of drug-likeness (QED) is 0.824. The lowest BCUT2D eigenvalue weighted by atomic mass is 9.99. The molecule has 1 unspecified atom stereocenters. The highest BCUT2D eigenvalue weighted by Crippen LogP contribution is 2.24. The minimum atomic E-state index is -0.393. The van der Waals surface area contributed by atoms with E-state index in [0.717, 1.165) is 18.4 Å². The first-order valence-corrected chi connectivity index (χ1v) is 8.99. The summed E-state index contributed by atoms with van der Waals surface area (Å²) >= 11 is 0. The van der Waals surface area contributed by atoms with E-state index < -0.39 is 5.92 Å². The van der Waals surface area contributed by atoms with Gasteiger partial charge in [0.1, 0.15) is 12.3 Å². The molecule has 0 saturated heterocycles. The van der Waals surface area contributed by atoms with Gasteiger partial charge in [0.2, 0.25) is 11.8 Å². The summed E-state index contributed by atoms with van der Waals surface area (Å²) in [5.74, 6) is 0.0241. The molecule has 2 aromatic heterocycles. The third-order valence-corrected chi connectivity index (χ3v) is 4.84. The van der Waals surface area contributed by atoms with Crippen molar-refractivity contribution in [3.05, 3.63) is 29.4 Å². The molecule has 2 amide bonds. The Morgan fingerprint density at radius 1 is 1.35 bits per heavy atom. The maximum absolute atomic E-state index is 12.5. The summed E-state index contributed by atoms with van der Waals surface area (Å²) in [6, 6.07) is 0.285. The van der Waals surface area contributed by atoms with Crippen molar-refractivity contribution in [3.63, 3.8) is 0 Å². The van der Waals surface area contributed by atoms with Crippen LogP contribution in [-0.2, 0) is 16.1 Å². The smallest absolute Gasteiger partial charge is 0.241 e. The van der Waals surface area contributed by atoms with E-state index in [2.05, 4.69) is 20.9 Å². The maximum atomic E-state index is 12.5. The molecule has 2 aromatic rings. The summed E-state index contributed by atoms with van der Waals surface area (Å²) in [4.78, 5) is 24.5. The number of hydrogen-bond donors (Lipinski definition) is 2. The van der Waals surface area contributed by atoms with Gasteiger partial charge in [-0.15, -0.1) is 0 Å². The number of nitrogens with one attached hydrogen (secondary N) is 2. The molecule has 2 N–H and O–H groups in total. The van der Waals surface area contributed by atoms with E-state index in [4.69, 9.17) is 4.52 Å². The maximum Gasteiger partial charge on any atom is 0.241 e. The fourth-order valence-electron chi connectivity index (χ4n) is 3.50. The van der Waals surface area contributed by atoms with E-state index >= 15 is 0 Å². The lowest BCUT2D eigenvalue weighted by Crippen LogP contribution is -2.35. The summed E-state index contributed by atoms with van der Waals surface area (Å²) in [5.41, 5.74) is 2.07. The average molecular weight is 359 g/mol. The first-order chi connectivity index (χ1) is 12.4. The van der Waals surface area contributed by atoms with Crippen molar-refractivity contribution in [1.29, 1.82) is 0 Å². The second-order valence-electron chi connectivity index (χ2n) is 6.92. The van der Waals surface area contributed by atoms with E-state index in [9.17, 15) is 9.59 Å². The Balaban J connectivity index is 1.56. The van der Waals surface area contributed by atoms with Gasteiger partial charge in [-0.1, -0.05) is 18.0 Å². The van der Waals surface area contributed by atoms with E-state index in [1.165, 1.54) is 17.5 Å². The topological polar surface area (TPSA) is 102 Å². The minimum Gasteiger partial charge on any atom is -0.361 e. The number of hydrogen-bond acceptors (Lipinski definition) is 5. The standard InChI is InChI=1S/C18H25N5O3/c1-11(17-12(2)22-26-13(17)3)18(25)21-15-8-19-23(9-15)10-16(24)20-14-6-4-5-7-14/h8-9,11,14H,4-7,10H2,1-3H3,(H,20,24)(H,21,25). The largest absolute Gasteiger partial charge is 0.361 e. The Kier molecular flexibility index (Phi) is 5.39. The molecule has 3 rings (SSSR count). The Morgan fingerprint density at radius 3 is 2.73 bits per heavy atom. The Hall–Kier alpha value is -2.64. The second-order valence-corrected chi connectivity index (χ2v) is 6.92. The zero-order chi connectivity index (χ0) is 18.7. The van der Waals surface area contributed by atoms with E-state index in [-0.39, 0.29) is 24.4 Å². The molecule has 1 fully saturated rings. The third-order valence-electron chi connectivity index (χ3n) is 4.84. The van der Waals surface area contributed by atoms with Crippen molar-refractivity contribution >= 4 is 17.5 Å². The van der Waals surface area contributed by atoms with Gasteiger partial charge in [-0.2, -0.15) is 5.10 Å². The number of nitrogens with zero attached hydrogens (tertiary/aromatic N) is 3. The number of carbonyl (C=O) groups is 2. The number of rotatable bonds is 6. The summed E-state index contributed by atoms with van der Waals surface area (Å²) in [6.45, 7) is 5.56. The van der Waals surface area contributed by atoms with Crippen molar-refractivity contribution in [2.45, 2.75) is 65.0 Å². The summed E-state index contributed by atoms with van der Waals surface area (Å²) in [7, 11) is 0. The van der Waals surface area contributed by atoms with Gasteiger partial charge in [0.05, 0.1) is 23.5 Å². The number of anilines is 1. The van der Waals surface area contributed by atoms with Crippen LogP contribution in [0.4, 0.5) is 5.69 Å². The van der Waals surface area contributed by atoms with Gasteiger partial charge in [0, 0.05) is 17.8 Å². The molecule has 0 aliphatic heterocycles. The van der Waals surface area contributed by atoms with Crippen LogP contribution in [0.25, 0.3) is 0 Å². The van der Waals surface area contributed by atoms with Gasteiger partial charge >= 0.3 is 0 Å². The highest BCUT2D eigenvalue weighted by molar-refractivity contribution is 5.95. The Morgan fingerprint density at radius 2 is 2.08 bits per heavy atom. The van der Waals surface area contributed by atoms with Crippen LogP contribution in [0.3, 0.4) is 0 Å². The first-order valence-electron chi connectivity index (χ1n) is 8.99. The molecule has 26 heavy (non-hydrogen) atoms. The van der Waals surface area contributed by atoms with Crippen molar-refractivity contribution in [1.82, 2.24) is 20.3 Å². The lowest BCUT2D eigenvalue weighted by molar-refractivity contribution is -0.122. The fraction of sp³-hybridized carbons (Fsp3) is 0.556. The fourth-order valence-corrected chi connectivity index (χ4v) is 3.50. The molecule has 0 bridgehead atoms. The van der Waals surface area contributed by atoms with Crippen LogP contribution >= 0.6 is 0 Å². The van der Waals surface area contributed by atoms with Gasteiger partial charge in [0.25, 0.3) is 0 Å². The molecule has 0 spiro atoms. The monoisotopic (exact) mass is 359 g/mol. The number of carbonyl (C=O) groups excluding carboxylic acids is 2. The normalized spacial score (nSPS) is 15.8. The summed E-state index contributed by atoms with van der Waals surface area (Å²) in [6.07, 6.45) is 7.64. The Labute approximate surface area is 152 Å². The average Bonchev–Trinajstić information content (AvgIpc) is 3.31. The Bertz CT molecular complexity index is 769. The van der Waals surface area contributed by atoms with Crippen molar-refractivity contribution in [2.24, 2.45) is 0 Å². The van der Waals surface area contributed by atoms with Gasteiger partial charge in [-0.05, 0) is 33.6 Å². The van der Waals surface area contributed by atoms with Crippen LogP contribution in [0, 0.1) is 13.8 Å². The highest BCUT2D eigenvalue weighted by atomic mass is 16.5. The highest BCUT2D eigenvalue weighted by Gasteiger charge is 2.23. The molecule has 8 nitrogen and oxygen atoms in total. The van der Waals surface area contributed by atoms with Crippen molar-refractivity contribution in [2.75, 3.05) is 5.32 Å². The van der Waals surface area contributed by atoms with Crippen LogP contribution in [0.2, 0.25) is 0 Å². The molecule has 2 heterocycles. The van der Waals surface area contributed by atoms with Gasteiger partial charge < -0.3 is 15.2 Å². The molecule has 1 aliphatic rings. The van der Waals surface area contributed by atoms with Crippen molar-refractivity contribution in [3.8, 4) is 0 Å². The van der Waals surface area contributed by atoms with Gasteiger partial charge in [-0.25, -0.2) is 0 Å². The van der Waals surface area contributed by atoms with Gasteiger partial charge in [0.15, 0.2) is 0 Å². The van der Waals surface area contributed by atoms with Crippen molar-refractivity contribution < 1.29 is 14.1 Å². The van der Waals surface area contributed by atoms with Gasteiger partial charge in [-0.3, -0.25) is 14.3 Å². The van der Waals surface area contributed by atoms with E-state index in [1.807, 2.05) is 6.92 Å². The molecule has 0 aromatic carbocycles. The minimum absolute atomic E-state index is 0.0537. The SMILES string of the molecule is Cc1noc(C)c1C(C)C(=O)Nc1cnn(CC(=O)NC2CCCC2)c1. The molecular formula is C18H25N5O3. The summed E-state index contributed by atoms with van der Waals surface area (Å²) in [5, 5.41) is 13.9. The molecule has 140 valence electrons. The molecule has 1 aliphatic carbocycles. The molecule has 1 atom stereocenters. The first kappa shape index (κ1) is 18.2. The van der Waals surface area contributed by atoms with Crippen LogP contribution in [0.15, 0.2) is 16.9 Å². The molecule has 0 radical (unpaired) electrons. The van der Waals surface area contributed by atoms with Crippen LogP contribution in [0.1, 0.15) is 55.5 Å². The predicted molar refractivity (Wildman–Crippen MR) is 95.6 cm³/mol. The predicted octanol–water partition coefficient (Wildman–Crippen LogP) is 2.29. The zero-order valence-electron chi connectivity index (χ0n) is 15.4. The number of amides is 2. The van der Waals surface area contributed by atoms with Crippen LogP contribution in [-0.4, -0.2) is 32.8 Å². The third kappa shape index (κ3) is 4.12. The number of aryl methyl sites for hydroxylation is 2. The van der Waals surface area contributed by atoms with Crippen LogP contribution in [0.5, 0.6) is 0 Å². The zero-order valence-corrected chi connectivity index (χ0v) is 15.4. The van der Waals surface area contributed by atoms with Crippen LogP contribution < -0.4 is 10.6 Å².